The fourth-order valence-corrected chi connectivity index (χ4v) is 3.65. The van der Waals surface area contributed by atoms with Gasteiger partial charge in [-0.15, -0.1) is 0 Å². The Bertz CT molecular complexity index is 1110. The van der Waals surface area contributed by atoms with Crippen LogP contribution in [0.2, 0.25) is 10.0 Å². The van der Waals surface area contributed by atoms with Gasteiger partial charge in [-0.25, -0.2) is 0 Å². The molecule has 1 aromatic heterocycles. The number of hydrogen-bond acceptors (Lipinski definition) is 3. The zero-order chi connectivity index (χ0) is 23.3. The molecule has 0 saturated carbocycles. The number of aromatic nitrogens is 2. The third-order valence-electron chi connectivity index (χ3n) is 4.62. The lowest BCUT2D eigenvalue weighted by Gasteiger charge is -2.18. The molecule has 1 unspecified atom stereocenters. The van der Waals surface area contributed by atoms with Crippen LogP contribution in [0.3, 0.4) is 0 Å². The summed E-state index contributed by atoms with van der Waals surface area (Å²) >= 11 is 11.7. The van der Waals surface area contributed by atoms with Crippen LogP contribution < -0.4 is 5.32 Å². The molecule has 2 aromatic carbocycles. The van der Waals surface area contributed by atoms with Gasteiger partial charge in [0.05, 0.1) is 24.4 Å². The van der Waals surface area contributed by atoms with Crippen molar-refractivity contribution in [1.29, 1.82) is 0 Å². The van der Waals surface area contributed by atoms with Crippen molar-refractivity contribution in [2.45, 2.75) is 25.6 Å². The highest BCUT2D eigenvalue weighted by Gasteiger charge is 2.39. The number of amides is 1. The monoisotopic (exact) mass is 479 g/mol. The summed E-state index contributed by atoms with van der Waals surface area (Å²) in [6, 6.07) is 8.66. The third kappa shape index (κ3) is 6.31. The zero-order valence-electron chi connectivity index (χ0n) is 16.8. The van der Waals surface area contributed by atoms with Crippen molar-refractivity contribution in [3.8, 4) is 0 Å². The van der Waals surface area contributed by atoms with E-state index in [4.69, 9.17) is 23.2 Å². The van der Waals surface area contributed by atoms with Gasteiger partial charge in [0, 0.05) is 28.0 Å². The molecule has 0 saturated heterocycles. The maximum absolute atomic E-state index is 13.6. The third-order valence-corrected chi connectivity index (χ3v) is 5.06. The van der Waals surface area contributed by atoms with E-state index < -0.39 is 12.1 Å². The predicted octanol–water partition coefficient (Wildman–Crippen LogP) is 6.38. The summed E-state index contributed by atoms with van der Waals surface area (Å²) in [6.07, 6.45) is 2.49. The quantitative estimate of drug-likeness (QED) is 0.446. The summed E-state index contributed by atoms with van der Waals surface area (Å²) in [5, 5.41) is 3.00. The van der Waals surface area contributed by atoms with Crippen LogP contribution in [-0.2, 0) is 6.54 Å². The van der Waals surface area contributed by atoms with E-state index in [9.17, 15) is 18.0 Å². The largest absolute Gasteiger partial charge is 0.399 e. The number of halogens is 5. The van der Waals surface area contributed by atoms with Gasteiger partial charge in [0.2, 0.25) is 0 Å². The fourth-order valence-electron chi connectivity index (χ4n) is 3.10. The highest BCUT2D eigenvalue weighted by atomic mass is 35.5. The van der Waals surface area contributed by atoms with Crippen molar-refractivity contribution in [3.63, 3.8) is 0 Å². The molecule has 1 heterocycles. The van der Waals surface area contributed by atoms with Gasteiger partial charge in [-0.3, -0.25) is 14.8 Å². The average Bonchev–Trinajstić information content (AvgIpc) is 2.71. The Morgan fingerprint density at radius 1 is 1.12 bits per heavy atom. The minimum absolute atomic E-state index is 0.0528. The predicted molar refractivity (Wildman–Crippen MR) is 119 cm³/mol. The van der Waals surface area contributed by atoms with Gasteiger partial charge in [0.1, 0.15) is 0 Å². The van der Waals surface area contributed by atoms with Crippen molar-refractivity contribution in [2.75, 3.05) is 0 Å². The first-order chi connectivity index (χ1) is 15.1. The molecule has 1 N–H and O–H groups in total. The zero-order valence-corrected chi connectivity index (χ0v) is 18.3. The van der Waals surface area contributed by atoms with Crippen LogP contribution in [0, 0.1) is 6.92 Å². The molecule has 0 bridgehead atoms. The molecule has 0 aliphatic heterocycles. The summed E-state index contributed by atoms with van der Waals surface area (Å²) in [5.74, 6) is -2.20. The summed E-state index contributed by atoms with van der Waals surface area (Å²) in [5.41, 5.74) is 2.12. The molecular weight excluding hydrogens is 462 g/mol. The molecule has 0 aliphatic carbocycles. The molecule has 166 valence electrons. The van der Waals surface area contributed by atoms with Crippen LogP contribution in [0.1, 0.15) is 38.7 Å². The fraction of sp³-hybridized carbons (Fsp3) is 0.174. The lowest BCUT2D eigenvalue weighted by atomic mass is 9.96. The molecule has 32 heavy (non-hydrogen) atoms. The van der Waals surface area contributed by atoms with E-state index in [0.29, 0.717) is 22.4 Å². The molecule has 0 aliphatic rings. The van der Waals surface area contributed by atoms with Crippen molar-refractivity contribution in [1.82, 2.24) is 15.3 Å². The molecule has 0 radical (unpaired) electrons. The highest BCUT2D eigenvalue weighted by Crippen LogP contribution is 2.38. The number of aryl methyl sites for hydroxylation is 1. The maximum Gasteiger partial charge on any atom is 0.399 e. The van der Waals surface area contributed by atoms with E-state index in [2.05, 4.69) is 15.3 Å². The van der Waals surface area contributed by atoms with Crippen LogP contribution in [-0.4, -0.2) is 22.1 Å². The minimum Gasteiger partial charge on any atom is -0.346 e. The summed E-state index contributed by atoms with van der Waals surface area (Å²) < 4.78 is 40.9. The Kier molecular flexibility index (Phi) is 7.53. The van der Waals surface area contributed by atoms with Crippen LogP contribution in [0.4, 0.5) is 13.2 Å². The van der Waals surface area contributed by atoms with Crippen LogP contribution in [0.5, 0.6) is 0 Å². The molecular formula is C23H18Cl2F3N3O. The Hall–Kier alpha value is -2.90. The topological polar surface area (TPSA) is 54.9 Å². The number of hydrogen-bond donors (Lipinski definition) is 1. The number of carbonyl (C=O) groups is 1. The second kappa shape index (κ2) is 10.1. The Balaban J connectivity index is 1.77. The number of nitrogens with zero attached hydrogens (tertiary/aromatic N) is 2. The van der Waals surface area contributed by atoms with Crippen molar-refractivity contribution in [2.24, 2.45) is 0 Å². The van der Waals surface area contributed by atoms with Gasteiger partial charge in [-0.1, -0.05) is 47.5 Å². The first kappa shape index (κ1) is 23.8. The average molecular weight is 480 g/mol. The van der Waals surface area contributed by atoms with Gasteiger partial charge < -0.3 is 5.32 Å². The van der Waals surface area contributed by atoms with Gasteiger partial charge >= 0.3 is 6.18 Å². The molecule has 0 fully saturated rings. The van der Waals surface area contributed by atoms with E-state index in [0.717, 1.165) is 6.08 Å². The lowest BCUT2D eigenvalue weighted by Crippen LogP contribution is -2.24. The smallest absolute Gasteiger partial charge is 0.346 e. The Labute approximate surface area is 193 Å². The summed E-state index contributed by atoms with van der Waals surface area (Å²) in [4.78, 5) is 20.5. The molecule has 1 amide bonds. The van der Waals surface area contributed by atoms with Crippen LogP contribution >= 0.6 is 23.2 Å². The standard InChI is InChI=1S/C23H18Cl2F3N3O/c1-14-8-15(2-4-20(14)22(32)31-13-19-12-29-6-7-30-19)3-5-21(23(26,27)28)16-9-17(24)11-18(25)10-16/h2-12,21H,13H2,1H3,(H,31,32)/b5-3+. The van der Waals surface area contributed by atoms with Gasteiger partial charge in [0.25, 0.3) is 5.91 Å². The number of rotatable bonds is 6. The van der Waals surface area contributed by atoms with E-state index in [1.54, 1.807) is 31.3 Å². The van der Waals surface area contributed by atoms with Crippen molar-refractivity contribution in [3.05, 3.63) is 99.1 Å². The normalized spacial score (nSPS) is 12.7. The van der Waals surface area contributed by atoms with Crippen LogP contribution in [0.25, 0.3) is 6.08 Å². The molecule has 9 heteroatoms. The number of nitrogens with one attached hydrogen (secondary N) is 1. The van der Waals surface area contributed by atoms with Crippen LogP contribution in [0.15, 0.2) is 61.1 Å². The molecule has 0 spiro atoms. The van der Waals surface area contributed by atoms with Gasteiger partial charge in [-0.05, 0) is 47.9 Å². The van der Waals surface area contributed by atoms with Crippen molar-refractivity contribution < 1.29 is 18.0 Å². The van der Waals surface area contributed by atoms with E-state index >= 15 is 0 Å². The summed E-state index contributed by atoms with van der Waals surface area (Å²) in [6.45, 7) is 1.93. The first-order valence-electron chi connectivity index (χ1n) is 9.48. The van der Waals surface area contributed by atoms with Gasteiger partial charge in [0.15, 0.2) is 0 Å². The molecule has 3 rings (SSSR count). The second-order valence-electron chi connectivity index (χ2n) is 7.03. The highest BCUT2D eigenvalue weighted by molar-refractivity contribution is 6.34. The molecule has 3 aromatic rings. The number of alkyl halides is 3. The number of benzene rings is 2. The van der Waals surface area contributed by atoms with E-state index in [1.807, 2.05) is 0 Å². The second-order valence-corrected chi connectivity index (χ2v) is 7.91. The minimum atomic E-state index is -4.53. The number of allylic oxidation sites excluding steroid dienone is 1. The lowest BCUT2D eigenvalue weighted by molar-refractivity contribution is -0.139. The first-order valence-corrected chi connectivity index (χ1v) is 10.2. The van der Waals surface area contributed by atoms with Crippen molar-refractivity contribution >= 4 is 35.2 Å². The van der Waals surface area contributed by atoms with Gasteiger partial charge in [-0.2, -0.15) is 13.2 Å². The van der Waals surface area contributed by atoms with E-state index in [-0.39, 0.29) is 28.1 Å². The SMILES string of the molecule is Cc1cc(/C=C/C(c2cc(Cl)cc(Cl)c2)C(F)(F)F)ccc1C(=O)NCc1cnccn1. The molecule has 4 nitrogen and oxygen atoms in total. The summed E-state index contributed by atoms with van der Waals surface area (Å²) in [7, 11) is 0. The molecule has 1 atom stereocenters. The van der Waals surface area contributed by atoms with E-state index in [1.165, 1.54) is 36.7 Å². The Morgan fingerprint density at radius 2 is 1.84 bits per heavy atom. The Morgan fingerprint density at radius 3 is 2.44 bits per heavy atom. The maximum atomic E-state index is 13.6. The number of carbonyl (C=O) groups excluding carboxylic acids is 1.